The summed E-state index contributed by atoms with van der Waals surface area (Å²) >= 11 is -1.22. The second-order valence-electron chi connectivity index (χ2n) is 4.09. The first-order valence-electron chi connectivity index (χ1n) is 4.99. The maximum Gasteiger partial charge on any atom is 0.289 e. The Balaban J connectivity index is 2.64. The minimum atomic E-state index is -1.22. The Morgan fingerprint density at radius 1 is 1.53 bits per heavy atom. The monoisotopic (exact) mass is 234 g/mol. The minimum absolute atomic E-state index is 0.0334. The van der Waals surface area contributed by atoms with Crippen molar-refractivity contribution in [3.05, 3.63) is 0 Å². The topological polar surface area (TPSA) is 87.4 Å². The van der Waals surface area contributed by atoms with E-state index in [1.807, 2.05) is 0 Å². The Morgan fingerprint density at radius 2 is 2.07 bits per heavy atom. The number of nitrogens with one attached hydrogen (secondary N) is 1. The summed E-state index contributed by atoms with van der Waals surface area (Å²) in [5.41, 5.74) is 2.06. The van der Waals surface area contributed by atoms with Crippen molar-refractivity contribution in [1.82, 2.24) is 5.43 Å². The molecule has 0 aromatic rings. The largest absolute Gasteiger partial charge is 0.615 e. The molecule has 1 unspecified atom stereocenters. The average Bonchev–Trinajstić information content (AvgIpc) is 2.28. The first-order chi connectivity index (χ1) is 7.00. The van der Waals surface area contributed by atoms with Gasteiger partial charge in [0.15, 0.2) is 4.75 Å². The molecular weight excluding hydrogens is 216 g/mol. The van der Waals surface area contributed by atoms with Gasteiger partial charge in [-0.1, -0.05) is 0 Å². The first-order valence-corrected chi connectivity index (χ1v) is 6.21. The Bertz CT molecular complexity index is 229. The van der Waals surface area contributed by atoms with Gasteiger partial charge in [0.05, 0.1) is 13.2 Å². The maximum atomic E-state index is 12.2. The zero-order valence-electron chi connectivity index (χ0n) is 9.12. The molecule has 0 aliphatic carbocycles. The van der Waals surface area contributed by atoms with E-state index in [4.69, 9.17) is 10.6 Å². The molecule has 88 valence electrons. The van der Waals surface area contributed by atoms with Crippen LogP contribution in [0.1, 0.15) is 26.7 Å². The molecule has 1 rings (SSSR count). The highest BCUT2D eigenvalue weighted by atomic mass is 32.2. The second kappa shape index (κ2) is 5.16. The molecule has 6 heteroatoms. The zero-order chi connectivity index (χ0) is 11.5. The predicted molar refractivity (Wildman–Crippen MR) is 58.4 cm³/mol. The molecule has 1 fully saturated rings. The fraction of sp³-hybridized carbons (Fsp3) is 0.889. The molecule has 1 heterocycles. The summed E-state index contributed by atoms with van der Waals surface area (Å²) in [4.78, 5) is 11.5. The van der Waals surface area contributed by atoms with Crippen LogP contribution in [0.2, 0.25) is 0 Å². The van der Waals surface area contributed by atoms with Crippen LogP contribution in [0.4, 0.5) is 0 Å². The summed E-state index contributed by atoms with van der Waals surface area (Å²) in [6.07, 6.45) is 1.49. The summed E-state index contributed by atoms with van der Waals surface area (Å²) < 4.78 is 16.4. The summed E-state index contributed by atoms with van der Waals surface area (Å²) in [7, 11) is 0. The van der Waals surface area contributed by atoms with Gasteiger partial charge in [-0.2, -0.15) is 0 Å². The van der Waals surface area contributed by atoms with Crippen LogP contribution in [0.25, 0.3) is 0 Å². The fourth-order valence-electron chi connectivity index (χ4n) is 1.57. The second-order valence-corrected chi connectivity index (χ2v) is 6.38. The number of carbonyl (C=O) groups is 1. The quantitative estimate of drug-likeness (QED) is 0.303. The maximum absolute atomic E-state index is 12.2. The summed E-state index contributed by atoms with van der Waals surface area (Å²) in [6, 6.07) is 0. The summed E-state index contributed by atoms with van der Waals surface area (Å²) in [5, 5.41) is 0.0334. The molecule has 1 aliphatic rings. The molecule has 0 bridgehead atoms. The van der Waals surface area contributed by atoms with Crippen LogP contribution in [0.5, 0.6) is 0 Å². The van der Waals surface area contributed by atoms with Crippen molar-refractivity contribution in [2.24, 2.45) is 5.84 Å². The van der Waals surface area contributed by atoms with Crippen LogP contribution in [-0.2, 0) is 20.7 Å². The van der Waals surface area contributed by atoms with E-state index in [1.54, 1.807) is 13.8 Å². The molecule has 1 atom stereocenters. The molecule has 1 amide bonds. The number of hydrogen-bond acceptors (Lipinski definition) is 4. The van der Waals surface area contributed by atoms with Crippen LogP contribution >= 0.6 is 0 Å². The molecule has 15 heavy (non-hydrogen) atoms. The average molecular weight is 234 g/mol. The Kier molecular flexibility index (Phi) is 4.39. The van der Waals surface area contributed by atoms with Gasteiger partial charge in [-0.15, -0.1) is 0 Å². The van der Waals surface area contributed by atoms with E-state index in [9.17, 15) is 9.35 Å². The zero-order valence-corrected chi connectivity index (χ0v) is 9.93. The van der Waals surface area contributed by atoms with Gasteiger partial charge in [0.2, 0.25) is 0 Å². The molecule has 0 aromatic carbocycles. The van der Waals surface area contributed by atoms with Crippen molar-refractivity contribution in [3.8, 4) is 0 Å². The van der Waals surface area contributed by atoms with E-state index in [0.717, 1.165) is 12.8 Å². The summed E-state index contributed by atoms with van der Waals surface area (Å²) in [6.45, 7) is 4.55. The predicted octanol–water partition coefficient (Wildman–Crippen LogP) is -0.317. The summed E-state index contributed by atoms with van der Waals surface area (Å²) in [5.74, 6) is 4.68. The van der Waals surface area contributed by atoms with Crippen molar-refractivity contribution in [1.29, 1.82) is 0 Å². The molecule has 0 aromatic heterocycles. The number of carbonyl (C=O) groups excluding carboxylic acids is 1. The van der Waals surface area contributed by atoms with Gasteiger partial charge in [0.1, 0.15) is 5.25 Å². The highest BCUT2D eigenvalue weighted by molar-refractivity contribution is 7.94. The first kappa shape index (κ1) is 12.8. The lowest BCUT2D eigenvalue weighted by molar-refractivity contribution is -0.122. The van der Waals surface area contributed by atoms with E-state index in [0.29, 0.717) is 13.2 Å². The fourth-order valence-corrected chi connectivity index (χ4v) is 3.27. The van der Waals surface area contributed by atoms with Gasteiger partial charge in [-0.3, -0.25) is 10.2 Å². The lowest BCUT2D eigenvalue weighted by Gasteiger charge is -2.34. The number of nitrogens with two attached hydrogens (primary N) is 1. The van der Waals surface area contributed by atoms with Crippen LogP contribution in [0.15, 0.2) is 0 Å². The number of hydrogen-bond donors (Lipinski definition) is 2. The third-order valence-corrected chi connectivity index (χ3v) is 4.92. The van der Waals surface area contributed by atoms with Crippen LogP contribution in [0, 0.1) is 0 Å². The molecule has 1 saturated heterocycles. The van der Waals surface area contributed by atoms with Gasteiger partial charge in [-0.25, -0.2) is 5.84 Å². The van der Waals surface area contributed by atoms with E-state index in [1.165, 1.54) is 0 Å². The molecule has 0 saturated carbocycles. The Morgan fingerprint density at radius 3 is 2.53 bits per heavy atom. The Hall–Kier alpha value is -0.300. The lowest BCUT2D eigenvalue weighted by Crippen LogP contribution is -2.54. The molecule has 5 nitrogen and oxygen atoms in total. The SMILES string of the molecule is CC(C)(C(=O)NN)[S+]([O-])C1CCOCC1. The highest BCUT2D eigenvalue weighted by Crippen LogP contribution is 2.27. The molecule has 3 N–H and O–H groups in total. The molecule has 1 aliphatic heterocycles. The molecular formula is C9H18N2O3S. The van der Waals surface area contributed by atoms with Crippen molar-refractivity contribution >= 4 is 17.1 Å². The van der Waals surface area contributed by atoms with Crippen molar-refractivity contribution in [2.45, 2.75) is 36.7 Å². The third kappa shape index (κ3) is 2.84. The van der Waals surface area contributed by atoms with Gasteiger partial charge < -0.3 is 9.29 Å². The number of ether oxygens (including phenoxy) is 1. The van der Waals surface area contributed by atoms with Gasteiger partial charge >= 0.3 is 0 Å². The normalized spacial score (nSPS) is 21.1. The third-order valence-electron chi connectivity index (χ3n) is 2.65. The van der Waals surface area contributed by atoms with Crippen molar-refractivity contribution < 1.29 is 14.1 Å². The van der Waals surface area contributed by atoms with Crippen LogP contribution in [-0.4, -0.2) is 33.7 Å². The minimum Gasteiger partial charge on any atom is -0.615 e. The van der Waals surface area contributed by atoms with E-state index < -0.39 is 15.9 Å². The van der Waals surface area contributed by atoms with E-state index in [-0.39, 0.29) is 11.2 Å². The van der Waals surface area contributed by atoms with Crippen LogP contribution in [0.3, 0.4) is 0 Å². The molecule has 0 spiro atoms. The van der Waals surface area contributed by atoms with E-state index in [2.05, 4.69) is 5.43 Å². The Labute approximate surface area is 92.9 Å². The van der Waals surface area contributed by atoms with Gasteiger partial charge in [0.25, 0.3) is 5.91 Å². The van der Waals surface area contributed by atoms with Gasteiger partial charge in [-0.05, 0) is 25.0 Å². The number of rotatable bonds is 3. The number of amides is 1. The van der Waals surface area contributed by atoms with Gasteiger partial charge in [0, 0.05) is 12.8 Å². The standard InChI is InChI=1S/C9H18N2O3S/c1-9(2,8(12)11-10)15(13)7-3-5-14-6-4-7/h7H,3-6,10H2,1-2H3,(H,11,12). The molecule has 0 radical (unpaired) electrons. The van der Waals surface area contributed by atoms with Crippen molar-refractivity contribution in [3.63, 3.8) is 0 Å². The van der Waals surface area contributed by atoms with Crippen molar-refractivity contribution in [2.75, 3.05) is 13.2 Å². The van der Waals surface area contributed by atoms with E-state index >= 15 is 0 Å². The highest BCUT2D eigenvalue weighted by Gasteiger charge is 2.44. The lowest BCUT2D eigenvalue weighted by atomic mass is 10.2. The smallest absolute Gasteiger partial charge is 0.289 e. The number of hydrazine groups is 1. The van der Waals surface area contributed by atoms with Crippen LogP contribution < -0.4 is 11.3 Å².